The topological polar surface area (TPSA) is 39.7 Å². The highest BCUT2D eigenvalue weighted by Crippen LogP contribution is 2.38. The maximum absolute atomic E-state index is 5.61. The summed E-state index contributed by atoms with van der Waals surface area (Å²) in [4.78, 5) is 0. The number of rotatable bonds is 3. The summed E-state index contributed by atoms with van der Waals surface area (Å²) in [5.41, 5.74) is 1.07. The molecule has 0 aliphatic carbocycles. The second kappa shape index (κ2) is 6.01. The predicted octanol–water partition coefficient (Wildman–Crippen LogP) is 3.06. The van der Waals surface area contributed by atoms with Crippen molar-refractivity contribution < 1.29 is 14.2 Å². The third-order valence-electron chi connectivity index (χ3n) is 3.55. The molecule has 0 saturated carbocycles. The first-order chi connectivity index (χ1) is 9.33. The Kier molecular flexibility index (Phi) is 4.13. The molecule has 5 heteroatoms. The molecule has 1 saturated heterocycles. The van der Waals surface area contributed by atoms with Gasteiger partial charge in [0.1, 0.15) is 13.2 Å². The molecular formula is C14H18BrNO3. The van der Waals surface area contributed by atoms with E-state index in [1.54, 1.807) is 0 Å². The first kappa shape index (κ1) is 13.1. The van der Waals surface area contributed by atoms with Crippen LogP contribution in [0.5, 0.6) is 11.5 Å². The zero-order valence-electron chi connectivity index (χ0n) is 10.8. The van der Waals surface area contributed by atoms with Crippen LogP contribution in [-0.4, -0.2) is 33.0 Å². The van der Waals surface area contributed by atoms with Gasteiger partial charge in [-0.15, -0.1) is 0 Å². The monoisotopic (exact) mass is 327 g/mol. The summed E-state index contributed by atoms with van der Waals surface area (Å²) in [7, 11) is 0. The largest absolute Gasteiger partial charge is 0.486 e. The SMILES string of the molecule is Brc1cc2c(cc1NCC1CCOCC1)OCCO2. The zero-order valence-corrected chi connectivity index (χ0v) is 12.4. The third-order valence-corrected chi connectivity index (χ3v) is 4.21. The minimum absolute atomic E-state index is 0.619. The van der Waals surface area contributed by atoms with Crippen LogP contribution in [0.15, 0.2) is 16.6 Å². The fourth-order valence-electron chi connectivity index (χ4n) is 2.40. The molecule has 0 bridgehead atoms. The highest BCUT2D eigenvalue weighted by atomic mass is 79.9. The minimum Gasteiger partial charge on any atom is -0.486 e. The Bertz CT molecular complexity index is 447. The van der Waals surface area contributed by atoms with Gasteiger partial charge in [-0.2, -0.15) is 0 Å². The van der Waals surface area contributed by atoms with Gasteiger partial charge in [0, 0.05) is 36.4 Å². The third kappa shape index (κ3) is 3.15. The number of nitrogens with one attached hydrogen (secondary N) is 1. The van der Waals surface area contributed by atoms with Gasteiger partial charge in [0.15, 0.2) is 11.5 Å². The molecule has 4 nitrogen and oxygen atoms in total. The van der Waals surface area contributed by atoms with Crippen LogP contribution in [0.3, 0.4) is 0 Å². The smallest absolute Gasteiger partial charge is 0.163 e. The molecule has 19 heavy (non-hydrogen) atoms. The van der Waals surface area contributed by atoms with Gasteiger partial charge in [-0.25, -0.2) is 0 Å². The maximum atomic E-state index is 5.61. The quantitative estimate of drug-likeness (QED) is 0.926. The van der Waals surface area contributed by atoms with Crippen molar-refractivity contribution in [2.24, 2.45) is 5.92 Å². The lowest BCUT2D eigenvalue weighted by molar-refractivity contribution is 0.0699. The summed E-state index contributed by atoms with van der Waals surface area (Å²) in [6.07, 6.45) is 2.27. The van der Waals surface area contributed by atoms with Gasteiger partial charge in [-0.3, -0.25) is 0 Å². The van der Waals surface area contributed by atoms with Crippen LogP contribution in [-0.2, 0) is 4.74 Å². The van der Waals surface area contributed by atoms with Crippen LogP contribution in [0.25, 0.3) is 0 Å². The van der Waals surface area contributed by atoms with Crippen molar-refractivity contribution in [3.63, 3.8) is 0 Å². The van der Waals surface area contributed by atoms with E-state index in [2.05, 4.69) is 21.2 Å². The molecule has 3 rings (SSSR count). The average molecular weight is 328 g/mol. The number of ether oxygens (including phenoxy) is 3. The molecule has 0 unspecified atom stereocenters. The van der Waals surface area contributed by atoms with E-state index in [1.807, 2.05) is 12.1 Å². The number of hydrogen-bond acceptors (Lipinski definition) is 4. The lowest BCUT2D eigenvalue weighted by Gasteiger charge is -2.24. The van der Waals surface area contributed by atoms with E-state index >= 15 is 0 Å². The van der Waals surface area contributed by atoms with Gasteiger partial charge in [0.25, 0.3) is 0 Å². The van der Waals surface area contributed by atoms with E-state index in [4.69, 9.17) is 14.2 Å². The van der Waals surface area contributed by atoms with Crippen molar-refractivity contribution in [2.45, 2.75) is 12.8 Å². The zero-order chi connectivity index (χ0) is 13.1. The summed E-state index contributed by atoms with van der Waals surface area (Å²) in [6.45, 7) is 3.98. The van der Waals surface area contributed by atoms with Crippen LogP contribution in [0.2, 0.25) is 0 Å². The Morgan fingerprint density at radius 2 is 1.74 bits per heavy atom. The number of anilines is 1. The van der Waals surface area contributed by atoms with Crippen molar-refractivity contribution in [1.82, 2.24) is 0 Å². The highest BCUT2D eigenvalue weighted by Gasteiger charge is 2.17. The minimum atomic E-state index is 0.619. The lowest BCUT2D eigenvalue weighted by Crippen LogP contribution is -2.23. The van der Waals surface area contributed by atoms with E-state index in [0.29, 0.717) is 19.1 Å². The van der Waals surface area contributed by atoms with Gasteiger partial charge in [0.2, 0.25) is 0 Å². The Labute approximate surface area is 121 Å². The number of halogens is 1. The molecule has 104 valence electrons. The molecule has 1 fully saturated rings. The molecule has 2 aliphatic rings. The van der Waals surface area contributed by atoms with E-state index in [9.17, 15) is 0 Å². The molecule has 0 atom stereocenters. The van der Waals surface area contributed by atoms with E-state index in [-0.39, 0.29) is 0 Å². The number of benzene rings is 1. The van der Waals surface area contributed by atoms with Crippen LogP contribution >= 0.6 is 15.9 Å². The molecule has 0 amide bonds. The first-order valence-corrected chi connectivity index (χ1v) is 7.53. The van der Waals surface area contributed by atoms with Crippen LogP contribution in [0.1, 0.15) is 12.8 Å². The normalized spacial score (nSPS) is 19.2. The van der Waals surface area contributed by atoms with Crippen molar-refractivity contribution in [1.29, 1.82) is 0 Å². The van der Waals surface area contributed by atoms with E-state index in [1.165, 1.54) is 0 Å². The van der Waals surface area contributed by atoms with Crippen LogP contribution in [0, 0.1) is 5.92 Å². The molecule has 1 aromatic rings. The van der Waals surface area contributed by atoms with Gasteiger partial charge in [0.05, 0.1) is 5.69 Å². The Balaban J connectivity index is 1.66. The Hall–Kier alpha value is -0.940. The van der Waals surface area contributed by atoms with E-state index in [0.717, 1.165) is 54.3 Å². The molecular weight excluding hydrogens is 310 g/mol. The van der Waals surface area contributed by atoms with Gasteiger partial charge >= 0.3 is 0 Å². The molecule has 1 N–H and O–H groups in total. The number of fused-ring (bicyclic) bond motifs is 1. The van der Waals surface area contributed by atoms with Crippen LogP contribution < -0.4 is 14.8 Å². The summed E-state index contributed by atoms with van der Waals surface area (Å²) in [5, 5.41) is 3.49. The van der Waals surface area contributed by atoms with Gasteiger partial charge in [-0.1, -0.05) is 0 Å². The second-order valence-corrected chi connectivity index (χ2v) is 5.77. The summed E-state index contributed by atoms with van der Waals surface area (Å²) in [5.74, 6) is 2.33. The molecule has 2 aliphatic heterocycles. The standard InChI is InChI=1S/C14H18BrNO3/c15-11-7-13-14(19-6-5-18-13)8-12(11)16-9-10-1-3-17-4-2-10/h7-8,10,16H,1-6,9H2. The fraction of sp³-hybridized carbons (Fsp3) is 0.571. The first-order valence-electron chi connectivity index (χ1n) is 6.73. The predicted molar refractivity (Wildman–Crippen MR) is 77.2 cm³/mol. The van der Waals surface area contributed by atoms with Gasteiger partial charge in [-0.05, 0) is 34.7 Å². The van der Waals surface area contributed by atoms with E-state index < -0.39 is 0 Å². The summed E-state index contributed by atoms with van der Waals surface area (Å²) < 4.78 is 17.6. The molecule has 1 aromatic carbocycles. The Morgan fingerprint density at radius 1 is 1.05 bits per heavy atom. The van der Waals surface area contributed by atoms with Crippen molar-refractivity contribution in [2.75, 3.05) is 38.3 Å². The number of hydrogen-bond donors (Lipinski definition) is 1. The second-order valence-electron chi connectivity index (χ2n) is 4.91. The lowest BCUT2D eigenvalue weighted by atomic mass is 10.0. The van der Waals surface area contributed by atoms with Crippen molar-refractivity contribution in [3.05, 3.63) is 16.6 Å². The van der Waals surface area contributed by atoms with Gasteiger partial charge < -0.3 is 19.5 Å². The fourth-order valence-corrected chi connectivity index (χ4v) is 2.87. The van der Waals surface area contributed by atoms with Crippen molar-refractivity contribution >= 4 is 21.6 Å². The average Bonchev–Trinajstić information content (AvgIpc) is 2.46. The van der Waals surface area contributed by atoms with Crippen LogP contribution in [0.4, 0.5) is 5.69 Å². The van der Waals surface area contributed by atoms with Crippen molar-refractivity contribution in [3.8, 4) is 11.5 Å². The summed E-state index contributed by atoms with van der Waals surface area (Å²) >= 11 is 3.58. The Morgan fingerprint density at radius 3 is 2.47 bits per heavy atom. The molecule has 0 radical (unpaired) electrons. The molecule has 0 aromatic heterocycles. The highest BCUT2D eigenvalue weighted by molar-refractivity contribution is 9.10. The molecule has 0 spiro atoms. The molecule has 2 heterocycles. The summed E-state index contributed by atoms with van der Waals surface area (Å²) in [6, 6.07) is 3.98. The maximum Gasteiger partial charge on any atom is 0.163 e.